The normalized spacial score (nSPS) is 26.9. The lowest BCUT2D eigenvalue weighted by Crippen LogP contribution is -2.32. The van der Waals surface area contributed by atoms with Crippen LogP contribution in [0.15, 0.2) is 16.6 Å². The summed E-state index contributed by atoms with van der Waals surface area (Å²) in [6, 6.07) is 3.24. The quantitative estimate of drug-likeness (QED) is 0.811. The van der Waals surface area contributed by atoms with E-state index in [1.807, 2.05) is 0 Å². The molecule has 1 aromatic carbocycles. The molecule has 0 amide bonds. The summed E-state index contributed by atoms with van der Waals surface area (Å²) >= 11 is 3.13. The van der Waals surface area contributed by atoms with Crippen molar-refractivity contribution in [3.8, 4) is 0 Å². The maximum atomic E-state index is 14.0. The van der Waals surface area contributed by atoms with Crippen LogP contribution in [0.2, 0.25) is 0 Å². The number of hydrogen-bond acceptors (Lipinski definition) is 1. The molecule has 1 nitrogen and oxygen atoms in total. The Morgan fingerprint density at radius 2 is 2.05 bits per heavy atom. The van der Waals surface area contributed by atoms with Crippen molar-refractivity contribution in [2.24, 2.45) is 11.8 Å². The molecule has 1 aromatic rings. The van der Waals surface area contributed by atoms with Gasteiger partial charge in [-0.05, 0) is 65.7 Å². The molecule has 0 heterocycles. The molecule has 1 N–H and O–H groups in total. The first kappa shape index (κ1) is 14.9. The van der Waals surface area contributed by atoms with Gasteiger partial charge in [0.25, 0.3) is 0 Å². The van der Waals surface area contributed by atoms with Crippen molar-refractivity contribution in [3.05, 3.63) is 33.8 Å². The molecular formula is C15H20BrF2N. The van der Waals surface area contributed by atoms with E-state index in [-0.39, 0.29) is 5.56 Å². The molecule has 4 heteroatoms. The van der Waals surface area contributed by atoms with Crippen molar-refractivity contribution in [3.63, 3.8) is 0 Å². The largest absolute Gasteiger partial charge is 0.314 e. The summed E-state index contributed by atoms with van der Waals surface area (Å²) < 4.78 is 28.1. The van der Waals surface area contributed by atoms with Gasteiger partial charge < -0.3 is 5.32 Å². The van der Waals surface area contributed by atoms with E-state index in [1.54, 1.807) is 0 Å². The molecule has 1 fully saturated rings. The molecule has 0 radical (unpaired) electrons. The summed E-state index contributed by atoms with van der Waals surface area (Å²) in [4.78, 5) is 0. The van der Waals surface area contributed by atoms with Crippen molar-refractivity contribution in [1.29, 1.82) is 0 Å². The van der Waals surface area contributed by atoms with Crippen LogP contribution in [0.25, 0.3) is 0 Å². The summed E-state index contributed by atoms with van der Waals surface area (Å²) in [7, 11) is 0. The number of halogens is 3. The summed E-state index contributed by atoms with van der Waals surface area (Å²) in [5.74, 6) is -0.0704. The molecule has 0 aromatic heterocycles. The van der Waals surface area contributed by atoms with Crippen LogP contribution in [0.3, 0.4) is 0 Å². The van der Waals surface area contributed by atoms with E-state index in [0.29, 0.717) is 28.8 Å². The highest BCUT2D eigenvalue weighted by molar-refractivity contribution is 9.10. The molecule has 3 atom stereocenters. The fourth-order valence-corrected chi connectivity index (χ4v) is 3.48. The van der Waals surface area contributed by atoms with Crippen LogP contribution in [-0.4, -0.2) is 12.6 Å². The van der Waals surface area contributed by atoms with E-state index in [1.165, 1.54) is 12.1 Å². The van der Waals surface area contributed by atoms with E-state index in [2.05, 4.69) is 35.1 Å². The Kier molecular flexibility index (Phi) is 4.96. The van der Waals surface area contributed by atoms with Crippen molar-refractivity contribution in [1.82, 2.24) is 5.32 Å². The van der Waals surface area contributed by atoms with Gasteiger partial charge in [-0.3, -0.25) is 0 Å². The smallest absolute Gasteiger partial charge is 0.143 e. The van der Waals surface area contributed by atoms with E-state index in [4.69, 9.17) is 0 Å². The number of benzene rings is 1. The third kappa shape index (κ3) is 3.16. The standard InChI is InChI=1S/C15H20BrF2N/c1-3-19-14-7-4-10(9(14)2)8-11-13(17)6-5-12(16)15(11)18/h5-6,9-10,14,19H,3-4,7-8H2,1-2H3. The average Bonchev–Trinajstić information content (AvgIpc) is 2.72. The highest BCUT2D eigenvalue weighted by atomic mass is 79.9. The lowest BCUT2D eigenvalue weighted by atomic mass is 9.89. The van der Waals surface area contributed by atoms with Gasteiger partial charge in [-0.2, -0.15) is 0 Å². The summed E-state index contributed by atoms with van der Waals surface area (Å²) in [5.41, 5.74) is 0.225. The van der Waals surface area contributed by atoms with Crippen LogP contribution in [0.5, 0.6) is 0 Å². The Balaban J connectivity index is 2.12. The molecule has 19 heavy (non-hydrogen) atoms. The average molecular weight is 332 g/mol. The highest BCUT2D eigenvalue weighted by Gasteiger charge is 2.33. The van der Waals surface area contributed by atoms with Crippen LogP contribution in [0, 0.1) is 23.5 Å². The van der Waals surface area contributed by atoms with Gasteiger partial charge in [0, 0.05) is 11.6 Å². The first-order valence-corrected chi connectivity index (χ1v) is 7.69. The molecule has 3 unspecified atom stereocenters. The minimum atomic E-state index is -0.445. The second kappa shape index (κ2) is 6.31. The second-order valence-corrected chi connectivity index (χ2v) is 6.24. The van der Waals surface area contributed by atoms with Crippen molar-refractivity contribution in [2.45, 2.75) is 39.2 Å². The lowest BCUT2D eigenvalue weighted by molar-refractivity contribution is 0.348. The van der Waals surface area contributed by atoms with E-state index in [9.17, 15) is 8.78 Å². The van der Waals surface area contributed by atoms with Crippen LogP contribution in [-0.2, 0) is 6.42 Å². The third-order valence-corrected chi connectivity index (χ3v) is 4.91. The third-order valence-electron chi connectivity index (χ3n) is 4.30. The van der Waals surface area contributed by atoms with Gasteiger partial charge >= 0.3 is 0 Å². The Bertz CT molecular complexity index is 450. The van der Waals surface area contributed by atoms with Crippen LogP contribution in [0.4, 0.5) is 8.78 Å². The van der Waals surface area contributed by atoms with Gasteiger partial charge in [0.2, 0.25) is 0 Å². The molecule has 0 bridgehead atoms. The first-order valence-electron chi connectivity index (χ1n) is 6.90. The Morgan fingerprint density at radius 1 is 1.32 bits per heavy atom. The topological polar surface area (TPSA) is 12.0 Å². The number of nitrogens with one attached hydrogen (secondary N) is 1. The molecule has 106 valence electrons. The van der Waals surface area contributed by atoms with Gasteiger partial charge in [-0.25, -0.2) is 8.78 Å². The molecule has 2 rings (SSSR count). The summed E-state index contributed by atoms with van der Waals surface area (Å²) in [6.07, 6.45) is 2.61. The number of hydrogen-bond donors (Lipinski definition) is 1. The Hall–Kier alpha value is -0.480. The lowest BCUT2D eigenvalue weighted by Gasteiger charge is -2.22. The highest BCUT2D eigenvalue weighted by Crippen LogP contribution is 2.36. The zero-order chi connectivity index (χ0) is 14.0. The van der Waals surface area contributed by atoms with Crippen molar-refractivity contribution < 1.29 is 8.78 Å². The molecule has 1 saturated carbocycles. The SMILES string of the molecule is CCNC1CCC(Cc2c(F)ccc(Br)c2F)C1C. The fourth-order valence-electron chi connectivity index (χ4n) is 3.10. The Labute approximate surface area is 121 Å². The molecule has 1 aliphatic carbocycles. The number of rotatable bonds is 4. The van der Waals surface area contributed by atoms with Crippen molar-refractivity contribution >= 4 is 15.9 Å². The molecular weight excluding hydrogens is 312 g/mol. The van der Waals surface area contributed by atoms with E-state index in [0.717, 1.165) is 19.4 Å². The molecule has 0 saturated heterocycles. The predicted octanol–water partition coefficient (Wildman–Crippen LogP) is 4.29. The van der Waals surface area contributed by atoms with Crippen LogP contribution < -0.4 is 5.32 Å². The summed E-state index contributed by atoms with van der Waals surface area (Å²) in [5, 5.41) is 3.45. The van der Waals surface area contributed by atoms with E-state index >= 15 is 0 Å². The van der Waals surface area contributed by atoms with Gasteiger partial charge in [0.15, 0.2) is 0 Å². The van der Waals surface area contributed by atoms with Crippen LogP contribution in [0.1, 0.15) is 32.3 Å². The first-order chi connectivity index (χ1) is 9.04. The monoisotopic (exact) mass is 331 g/mol. The van der Waals surface area contributed by atoms with Crippen LogP contribution >= 0.6 is 15.9 Å². The predicted molar refractivity (Wildman–Crippen MR) is 77.1 cm³/mol. The Morgan fingerprint density at radius 3 is 2.74 bits per heavy atom. The van der Waals surface area contributed by atoms with Gasteiger partial charge in [0.05, 0.1) is 4.47 Å². The van der Waals surface area contributed by atoms with Gasteiger partial charge in [-0.1, -0.05) is 13.8 Å². The molecule has 1 aliphatic rings. The zero-order valence-electron chi connectivity index (χ0n) is 11.3. The molecule has 0 spiro atoms. The minimum Gasteiger partial charge on any atom is -0.314 e. The second-order valence-electron chi connectivity index (χ2n) is 5.39. The minimum absolute atomic E-state index is 0.225. The maximum absolute atomic E-state index is 14.0. The van der Waals surface area contributed by atoms with Crippen molar-refractivity contribution in [2.75, 3.05) is 6.54 Å². The van der Waals surface area contributed by atoms with Gasteiger partial charge in [0.1, 0.15) is 11.6 Å². The maximum Gasteiger partial charge on any atom is 0.143 e. The summed E-state index contributed by atoms with van der Waals surface area (Å²) in [6.45, 7) is 5.22. The van der Waals surface area contributed by atoms with E-state index < -0.39 is 11.6 Å². The fraction of sp³-hybridized carbons (Fsp3) is 0.600. The molecule has 0 aliphatic heterocycles. The zero-order valence-corrected chi connectivity index (χ0v) is 12.9. The van der Waals surface area contributed by atoms with Gasteiger partial charge in [-0.15, -0.1) is 0 Å².